The van der Waals surface area contributed by atoms with Crippen LogP contribution in [0.1, 0.15) is 0 Å². The van der Waals surface area contributed by atoms with Crippen LogP contribution < -0.4 is 9.62 Å². The molecule has 3 rings (SSSR count). The number of carbonyl (C=O) groups is 1. The van der Waals surface area contributed by atoms with Crippen molar-refractivity contribution >= 4 is 37.5 Å². The van der Waals surface area contributed by atoms with Gasteiger partial charge in [0.15, 0.2) is 0 Å². The Kier molecular flexibility index (Phi) is 7.69. The Hall–Kier alpha value is -2.58. The molecule has 0 radical (unpaired) electrons. The first kappa shape index (κ1) is 25.1. The molecule has 0 bridgehead atoms. The number of sulfonamides is 1. The third-order valence-electron chi connectivity index (χ3n) is 4.89. The molecule has 1 aliphatic heterocycles. The fourth-order valence-electron chi connectivity index (χ4n) is 3.09. The maximum absolute atomic E-state index is 13.3. The zero-order valence-corrected chi connectivity index (χ0v) is 19.8. The van der Waals surface area contributed by atoms with Crippen LogP contribution in [0.15, 0.2) is 53.4 Å². The van der Waals surface area contributed by atoms with Gasteiger partial charge in [-0.3, -0.25) is 4.79 Å². The first-order valence-corrected chi connectivity index (χ1v) is 12.8. The number of hydrogen-bond acceptors (Lipinski definition) is 6. The van der Waals surface area contributed by atoms with Gasteiger partial charge in [0.1, 0.15) is 12.4 Å². The third-order valence-corrected chi connectivity index (χ3v) is 8.62. The summed E-state index contributed by atoms with van der Waals surface area (Å²) in [5, 5.41) is 2.56. The minimum absolute atomic E-state index is 0.0746. The molecule has 1 aliphatic rings. The highest BCUT2D eigenvalue weighted by Gasteiger charge is 2.28. The summed E-state index contributed by atoms with van der Waals surface area (Å²) in [6, 6.07) is 10.3. The van der Waals surface area contributed by atoms with E-state index in [4.69, 9.17) is 4.74 Å². The van der Waals surface area contributed by atoms with Crippen molar-refractivity contribution in [1.29, 1.82) is 0 Å². The number of hydrogen-bond donors (Lipinski definition) is 1. The molecule has 33 heavy (non-hydrogen) atoms. The lowest BCUT2D eigenvalue weighted by Crippen LogP contribution is -2.44. The zero-order chi connectivity index (χ0) is 24.2. The van der Waals surface area contributed by atoms with Crippen LogP contribution in [-0.4, -0.2) is 78.3 Å². The van der Waals surface area contributed by atoms with E-state index in [0.717, 1.165) is 20.7 Å². The maximum atomic E-state index is 13.3. The molecular formula is C20H25FN4O6S2. The Bertz CT molecular complexity index is 1180. The van der Waals surface area contributed by atoms with Crippen molar-refractivity contribution in [2.24, 2.45) is 0 Å². The Morgan fingerprint density at radius 2 is 1.58 bits per heavy atom. The number of rotatable bonds is 8. The second kappa shape index (κ2) is 10.1. The van der Waals surface area contributed by atoms with Crippen molar-refractivity contribution in [2.45, 2.75) is 4.90 Å². The molecule has 2 aromatic carbocycles. The van der Waals surface area contributed by atoms with Crippen molar-refractivity contribution in [3.63, 3.8) is 0 Å². The second-order valence-electron chi connectivity index (χ2n) is 7.36. The zero-order valence-electron chi connectivity index (χ0n) is 18.1. The van der Waals surface area contributed by atoms with Gasteiger partial charge in [0.25, 0.3) is 0 Å². The number of anilines is 2. The summed E-state index contributed by atoms with van der Waals surface area (Å²) in [7, 11) is -5.09. The van der Waals surface area contributed by atoms with Crippen molar-refractivity contribution in [3.8, 4) is 0 Å². The molecule has 1 fully saturated rings. The Morgan fingerprint density at radius 1 is 1.00 bits per heavy atom. The fourth-order valence-corrected chi connectivity index (χ4v) is 5.56. The normalized spacial score (nSPS) is 15.4. The van der Waals surface area contributed by atoms with Crippen LogP contribution in [0.5, 0.6) is 0 Å². The van der Waals surface area contributed by atoms with Gasteiger partial charge in [-0.1, -0.05) is 0 Å². The van der Waals surface area contributed by atoms with Crippen molar-refractivity contribution in [2.75, 3.05) is 56.6 Å². The van der Waals surface area contributed by atoms with Crippen molar-refractivity contribution in [3.05, 3.63) is 54.3 Å². The van der Waals surface area contributed by atoms with E-state index in [9.17, 15) is 26.0 Å². The SMILES string of the molecule is CN(C)S(=O)(=O)N(CC(=O)Nc1ccc(S(=O)(=O)N2CCOCC2)cc1)c1ccc(F)cc1. The summed E-state index contributed by atoms with van der Waals surface area (Å²) in [6.45, 7) is 0.613. The van der Waals surface area contributed by atoms with Gasteiger partial charge < -0.3 is 10.1 Å². The smallest absolute Gasteiger partial charge is 0.304 e. The number of carbonyl (C=O) groups excluding carboxylic acids is 1. The quantitative estimate of drug-likeness (QED) is 0.580. The molecule has 10 nitrogen and oxygen atoms in total. The summed E-state index contributed by atoms with van der Waals surface area (Å²) >= 11 is 0. The number of ether oxygens (including phenoxy) is 1. The van der Waals surface area contributed by atoms with Crippen LogP contribution in [0.25, 0.3) is 0 Å². The lowest BCUT2D eigenvalue weighted by Gasteiger charge is -2.27. The predicted molar refractivity (Wildman–Crippen MR) is 121 cm³/mol. The second-order valence-corrected chi connectivity index (χ2v) is 11.4. The van der Waals surface area contributed by atoms with Gasteiger partial charge >= 0.3 is 10.2 Å². The molecule has 1 amide bonds. The van der Waals surface area contributed by atoms with E-state index in [-0.39, 0.29) is 23.7 Å². The van der Waals surface area contributed by atoms with Crippen molar-refractivity contribution < 1.29 is 30.8 Å². The number of halogens is 1. The van der Waals surface area contributed by atoms with E-state index in [1.807, 2.05) is 0 Å². The fraction of sp³-hybridized carbons (Fsp3) is 0.350. The molecule has 0 unspecified atom stereocenters. The number of nitrogens with one attached hydrogen (secondary N) is 1. The van der Waals surface area contributed by atoms with E-state index in [1.54, 1.807) is 0 Å². The summed E-state index contributed by atoms with van der Waals surface area (Å²) in [5.41, 5.74) is 0.412. The number of morpholine rings is 1. The van der Waals surface area contributed by atoms with Crippen LogP contribution in [-0.2, 0) is 29.8 Å². The summed E-state index contributed by atoms with van der Waals surface area (Å²) in [4.78, 5) is 12.7. The minimum atomic E-state index is -4.04. The highest BCUT2D eigenvalue weighted by atomic mass is 32.2. The molecule has 0 saturated carbocycles. The summed E-state index contributed by atoms with van der Waals surface area (Å²) in [6.07, 6.45) is 0. The van der Waals surface area contributed by atoms with Crippen LogP contribution in [0.4, 0.5) is 15.8 Å². The Morgan fingerprint density at radius 3 is 2.12 bits per heavy atom. The standard InChI is InChI=1S/C20H25FN4O6S2/c1-23(2)33(29,30)25(18-7-3-16(21)4-8-18)15-20(26)22-17-5-9-19(10-6-17)32(27,28)24-11-13-31-14-12-24/h3-10H,11-15H2,1-2H3,(H,22,26). The molecule has 1 heterocycles. The van der Waals surface area contributed by atoms with Crippen LogP contribution in [0.3, 0.4) is 0 Å². The first-order chi connectivity index (χ1) is 15.5. The highest BCUT2D eigenvalue weighted by Crippen LogP contribution is 2.22. The molecular weight excluding hydrogens is 475 g/mol. The molecule has 0 aliphatic carbocycles. The maximum Gasteiger partial charge on any atom is 0.304 e. The number of nitrogens with zero attached hydrogens (tertiary/aromatic N) is 3. The van der Waals surface area contributed by atoms with E-state index in [1.165, 1.54) is 54.8 Å². The van der Waals surface area contributed by atoms with Gasteiger partial charge in [0.2, 0.25) is 15.9 Å². The Balaban J connectivity index is 1.74. The Labute approximate surface area is 192 Å². The van der Waals surface area contributed by atoms with E-state index < -0.39 is 38.5 Å². The molecule has 2 aromatic rings. The van der Waals surface area contributed by atoms with Gasteiger partial charge in [-0.2, -0.15) is 17.0 Å². The molecule has 1 N–H and O–H groups in total. The van der Waals surface area contributed by atoms with Crippen LogP contribution >= 0.6 is 0 Å². The average Bonchev–Trinajstić information content (AvgIpc) is 2.79. The molecule has 0 aromatic heterocycles. The van der Waals surface area contributed by atoms with Gasteiger partial charge in [-0.05, 0) is 48.5 Å². The molecule has 0 spiro atoms. The molecule has 0 atom stereocenters. The molecule has 180 valence electrons. The number of amides is 1. The highest BCUT2D eigenvalue weighted by molar-refractivity contribution is 7.90. The van der Waals surface area contributed by atoms with E-state index in [0.29, 0.717) is 18.9 Å². The van der Waals surface area contributed by atoms with Crippen molar-refractivity contribution in [1.82, 2.24) is 8.61 Å². The topological polar surface area (TPSA) is 116 Å². The lowest BCUT2D eigenvalue weighted by atomic mass is 10.3. The monoisotopic (exact) mass is 500 g/mol. The largest absolute Gasteiger partial charge is 0.379 e. The van der Waals surface area contributed by atoms with Gasteiger partial charge in [0.05, 0.1) is 23.8 Å². The molecule has 13 heteroatoms. The van der Waals surface area contributed by atoms with E-state index >= 15 is 0 Å². The average molecular weight is 501 g/mol. The van der Waals surface area contributed by atoms with Crippen LogP contribution in [0, 0.1) is 5.82 Å². The third kappa shape index (κ3) is 5.86. The number of benzene rings is 2. The minimum Gasteiger partial charge on any atom is -0.379 e. The summed E-state index contributed by atoms with van der Waals surface area (Å²) in [5.74, 6) is -1.20. The van der Waals surface area contributed by atoms with Gasteiger partial charge in [0, 0.05) is 32.9 Å². The van der Waals surface area contributed by atoms with Gasteiger partial charge in [-0.25, -0.2) is 17.1 Å². The van der Waals surface area contributed by atoms with E-state index in [2.05, 4.69) is 5.32 Å². The van der Waals surface area contributed by atoms with Crippen LogP contribution in [0.2, 0.25) is 0 Å². The predicted octanol–water partition coefficient (Wildman–Crippen LogP) is 1.10. The molecule has 1 saturated heterocycles. The lowest BCUT2D eigenvalue weighted by molar-refractivity contribution is -0.114. The first-order valence-electron chi connectivity index (χ1n) is 9.95. The summed E-state index contributed by atoms with van der Waals surface area (Å²) < 4.78 is 72.4. The van der Waals surface area contributed by atoms with Gasteiger partial charge in [-0.15, -0.1) is 0 Å².